The molecule has 0 spiro atoms. The van der Waals surface area contributed by atoms with Crippen molar-refractivity contribution in [1.29, 1.82) is 0 Å². The third-order valence-electron chi connectivity index (χ3n) is 1.47. The van der Waals surface area contributed by atoms with Crippen LogP contribution in [0.4, 0.5) is 4.39 Å². The Kier molecular flexibility index (Phi) is 2.80. The van der Waals surface area contributed by atoms with Crippen LogP contribution in [-0.2, 0) is 32.7 Å². The Balaban J connectivity index is 0.000000605. The first-order chi connectivity index (χ1) is 4.88. The van der Waals surface area contributed by atoms with Crippen LogP contribution in [0.15, 0.2) is 24.4 Å². The SMILES string of the molecule is Fc1[c-]ccc2cc[nH]c12.[Y]. The average Bonchev–Trinajstić information content (AvgIpc) is 2.36. The van der Waals surface area contributed by atoms with Crippen LogP contribution in [0.3, 0.4) is 0 Å². The first-order valence-electron chi connectivity index (χ1n) is 3.01. The van der Waals surface area contributed by atoms with Gasteiger partial charge in [-0.15, -0.1) is 11.5 Å². The van der Waals surface area contributed by atoms with E-state index in [-0.39, 0.29) is 38.5 Å². The van der Waals surface area contributed by atoms with Gasteiger partial charge in [0.25, 0.3) is 0 Å². The van der Waals surface area contributed by atoms with Gasteiger partial charge in [-0.25, -0.2) is 4.39 Å². The zero-order valence-corrected chi connectivity index (χ0v) is 8.60. The number of benzene rings is 1. The predicted octanol–water partition coefficient (Wildman–Crippen LogP) is 2.10. The number of H-pyrrole nitrogens is 1. The van der Waals surface area contributed by atoms with Crippen LogP contribution in [0.5, 0.6) is 0 Å². The number of hydrogen-bond acceptors (Lipinski definition) is 0. The summed E-state index contributed by atoms with van der Waals surface area (Å²) in [7, 11) is 0. The van der Waals surface area contributed by atoms with Gasteiger partial charge in [0.05, 0.1) is 0 Å². The van der Waals surface area contributed by atoms with Gasteiger partial charge in [0.15, 0.2) is 0 Å². The van der Waals surface area contributed by atoms with Crippen LogP contribution < -0.4 is 0 Å². The van der Waals surface area contributed by atoms with Crippen LogP contribution in [0, 0.1) is 11.9 Å². The van der Waals surface area contributed by atoms with Gasteiger partial charge in [-0.1, -0.05) is 6.07 Å². The van der Waals surface area contributed by atoms with Crippen LogP contribution in [0.1, 0.15) is 0 Å². The molecule has 0 amide bonds. The van der Waals surface area contributed by atoms with Crippen molar-refractivity contribution in [1.82, 2.24) is 4.98 Å². The van der Waals surface area contributed by atoms with E-state index in [0.29, 0.717) is 5.52 Å². The second-order valence-electron chi connectivity index (χ2n) is 2.10. The number of nitrogens with one attached hydrogen (secondary N) is 1. The van der Waals surface area contributed by atoms with Gasteiger partial charge in [-0.3, -0.25) is 0 Å². The Hall–Kier alpha value is -0.206. The first-order valence-corrected chi connectivity index (χ1v) is 3.01. The first kappa shape index (κ1) is 8.89. The monoisotopic (exact) mass is 223 g/mol. The fourth-order valence-corrected chi connectivity index (χ4v) is 0.987. The topological polar surface area (TPSA) is 15.8 Å². The summed E-state index contributed by atoms with van der Waals surface area (Å²) in [5.41, 5.74) is 0.530. The predicted molar refractivity (Wildman–Crippen MR) is 37.1 cm³/mol. The number of rotatable bonds is 0. The molecule has 1 N–H and O–H groups in total. The second kappa shape index (κ2) is 3.46. The van der Waals surface area contributed by atoms with Crippen LogP contribution in [-0.4, -0.2) is 4.98 Å². The molecule has 2 aromatic rings. The van der Waals surface area contributed by atoms with E-state index in [2.05, 4.69) is 11.1 Å². The second-order valence-corrected chi connectivity index (χ2v) is 2.10. The molecule has 0 aliphatic heterocycles. The minimum absolute atomic E-state index is 0. The Bertz CT molecular complexity index is 356. The molecular formula is C8H5FNY-. The standard InChI is InChI=1S/C8H5FN.Y/c9-7-3-1-2-6-4-5-10-8(6)7;/h1-2,4-5,10H;/q-1;. The molecule has 0 atom stereocenters. The maximum atomic E-state index is 12.7. The van der Waals surface area contributed by atoms with Gasteiger partial charge in [0.2, 0.25) is 0 Å². The molecule has 0 fully saturated rings. The Morgan fingerprint density at radius 2 is 2.18 bits per heavy atom. The molecule has 1 aromatic heterocycles. The van der Waals surface area contributed by atoms with E-state index in [1.165, 1.54) is 0 Å². The van der Waals surface area contributed by atoms with Gasteiger partial charge in [0.1, 0.15) is 0 Å². The summed E-state index contributed by atoms with van der Waals surface area (Å²) in [6.07, 6.45) is 1.71. The van der Waals surface area contributed by atoms with Crippen molar-refractivity contribution < 1.29 is 37.1 Å². The summed E-state index contributed by atoms with van der Waals surface area (Å²) in [4.78, 5) is 2.78. The molecule has 0 aliphatic carbocycles. The molecule has 3 heteroatoms. The molecule has 1 aromatic carbocycles. The molecule has 0 aliphatic rings. The van der Waals surface area contributed by atoms with E-state index in [1.54, 1.807) is 12.3 Å². The van der Waals surface area contributed by atoms with Gasteiger partial charge in [-0.2, -0.15) is 12.1 Å². The largest absolute Gasteiger partial charge is 0.411 e. The van der Waals surface area contributed by atoms with Crippen molar-refractivity contribution in [2.24, 2.45) is 0 Å². The van der Waals surface area contributed by atoms with Crippen LogP contribution in [0.25, 0.3) is 10.9 Å². The normalized spacial score (nSPS) is 9.55. The van der Waals surface area contributed by atoms with E-state index in [1.807, 2.05) is 12.1 Å². The fraction of sp³-hybridized carbons (Fsp3) is 0. The minimum atomic E-state index is -0.317. The zero-order valence-electron chi connectivity index (χ0n) is 5.76. The van der Waals surface area contributed by atoms with Gasteiger partial charge < -0.3 is 4.98 Å². The summed E-state index contributed by atoms with van der Waals surface area (Å²) in [6.45, 7) is 0. The third-order valence-corrected chi connectivity index (χ3v) is 1.47. The molecular weight excluding hydrogens is 218 g/mol. The van der Waals surface area contributed by atoms with E-state index in [9.17, 15) is 4.39 Å². The maximum Gasteiger partial charge on any atom is 0.0340 e. The summed E-state index contributed by atoms with van der Waals surface area (Å²) in [6, 6.07) is 7.68. The molecule has 2 rings (SSSR count). The molecule has 1 nitrogen and oxygen atoms in total. The van der Waals surface area contributed by atoms with Gasteiger partial charge >= 0.3 is 0 Å². The molecule has 1 heterocycles. The minimum Gasteiger partial charge on any atom is -0.411 e. The summed E-state index contributed by atoms with van der Waals surface area (Å²) in [5, 5.41) is 0.885. The van der Waals surface area contributed by atoms with Gasteiger partial charge in [0, 0.05) is 38.5 Å². The number of fused-ring (bicyclic) bond motifs is 1. The van der Waals surface area contributed by atoms with Crippen molar-refractivity contribution in [3.8, 4) is 0 Å². The summed E-state index contributed by atoms with van der Waals surface area (Å²) < 4.78 is 12.7. The van der Waals surface area contributed by atoms with Crippen molar-refractivity contribution >= 4 is 10.9 Å². The van der Waals surface area contributed by atoms with E-state index in [4.69, 9.17) is 0 Å². The van der Waals surface area contributed by atoms with Crippen molar-refractivity contribution in [3.63, 3.8) is 0 Å². The molecule has 11 heavy (non-hydrogen) atoms. The van der Waals surface area contributed by atoms with Crippen LogP contribution in [0.2, 0.25) is 0 Å². The molecule has 0 saturated heterocycles. The summed E-state index contributed by atoms with van der Waals surface area (Å²) >= 11 is 0. The number of aromatic amines is 1. The summed E-state index contributed by atoms with van der Waals surface area (Å²) in [5.74, 6) is -0.317. The number of halogens is 1. The number of hydrogen-bond donors (Lipinski definition) is 1. The molecule has 0 saturated carbocycles. The van der Waals surface area contributed by atoms with Gasteiger partial charge in [-0.05, 0) is 11.7 Å². The maximum absolute atomic E-state index is 12.7. The molecule has 0 bridgehead atoms. The quantitative estimate of drug-likeness (QED) is 0.658. The third kappa shape index (κ3) is 1.52. The molecule has 0 unspecified atom stereocenters. The smallest absolute Gasteiger partial charge is 0.0340 e. The van der Waals surface area contributed by atoms with E-state index >= 15 is 0 Å². The van der Waals surface area contributed by atoms with Crippen molar-refractivity contribution in [2.45, 2.75) is 0 Å². The molecule has 53 valence electrons. The fourth-order valence-electron chi connectivity index (χ4n) is 0.987. The Morgan fingerprint density at radius 1 is 1.36 bits per heavy atom. The van der Waals surface area contributed by atoms with Crippen LogP contribution >= 0.6 is 0 Å². The zero-order chi connectivity index (χ0) is 6.97. The molecule has 1 radical (unpaired) electrons. The van der Waals surface area contributed by atoms with Crippen molar-refractivity contribution in [2.75, 3.05) is 0 Å². The Labute approximate surface area is 88.9 Å². The number of aromatic nitrogens is 1. The Morgan fingerprint density at radius 3 is 2.91 bits per heavy atom. The average molecular weight is 223 g/mol. The van der Waals surface area contributed by atoms with E-state index < -0.39 is 0 Å². The van der Waals surface area contributed by atoms with Crippen molar-refractivity contribution in [3.05, 3.63) is 36.3 Å². The van der Waals surface area contributed by atoms with E-state index in [0.717, 1.165) is 5.39 Å².